The molecular weight excluding hydrogens is 154 g/mol. The van der Waals surface area contributed by atoms with Gasteiger partial charge in [0.15, 0.2) is 0 Å². The van der Waals surface area contributed by atoms with E-state index in [1.54, 1.807) is 11.8 Å². The predicted octanol–water partition coefficient (Wildman–Crippen LogP) is 0.566. The summed E-state index contributed by atoms with van der Waals surface area (Å²) in [4.78, 5) is 10.5. The highest BCUT2D eigenvalue weighted by Crippen LogP contribution is 2.10. The maximum Gasteiger partial charge on any atom is 0.231 e. The van der Waals surface area contributed by atoms with Gasteiger partial charge in [0.05, 0.1) is 5.25 Å². The summed E-state index contributed by atoms with van der Waals surface area (Å²) >= 11 is 3.15. The summed E-state index contributed by atoms with van der Waals surface area (Å²) in [6, 6.07) is 0. The number of primary amides is 1. The molecular formula is C5H11NOS2. The molecule has 1 atom stereocenters. The van der Waals surface area contributed by atoms with Gasteiger partial charge in [0.1, 0.15) is 0 Å². The predicted molar refractivity (Wildman–Crippen MR) is 44.9 cm³/mol. The van der Waals surface area contributed by atoms with Crippen molar-refractivity contribution in [3.8, 4) is 0 Å². The number of rotatable bonds is 4. The average molecular weight is 165 g/mol. The van der Waals surface area contributed by atoms with E-state index in [1.807, 2.05) is 12.5 Å². The highest BCUT2D eigenvalue weighted by atomic mass is 32.2. The van der Waals surface area contributed by atoms with Gasteiger partial charge < -0.3 is 5.73 Å². The molecule has 1 unspecified atom stereocenters. The van der Waals surface area contributed by atoms with Gasteiger partial charge in [-0.25, -0.2) is 0 Å². The van der Waals surface area contributed by atoms with E-state index in [-0.39, 0.29) is 11.2 Å². The minimum absolute atomic E-state index is 0.0139. The molecule has 0 fully saturated rings. The molecule has 2 N–H and O–H groups in total. The molecule has 0 spiro atoms. The molecule has 0 aromatic carbocycles. The van der Waals surface area contributed by atoms with Gasteiger partial charge in [0, 0.05) is 5.75 Å². The Kier molecular flexibility index (Phi) is 5.09. The highest BCUT2D eigenvalue weighted by Gasteiger charge is 2.11. The summed E-state index contributed by atoms with van der Waals surface area (Å²) < 4.78 is 0. The molecule has 0 aliphatic heterocycles. The molecule has 4 heteroatoms. The van der Waals surface area contributed by atoms with Crippen molar-refractivity contribution >= 4 is 29.4 Å². The number of hydrogen-bond donors (Lipinski definition) is 1. The normalized spacial score (nSPS) is 13.1. The number of thioether (sulfide) groups is 2. The van der Waals surface area contributed by atoms with Crippen LogP contribution in [-0.4, -0.2) is 29.4 Å². The van der Waals surface area contributed by atoms with Crippen molar-refractivity contribution in [3.63, 3.8) is 0 Å². The van der Waals surface area contributed by atoms with Gasteiger partial charge in [-0.1, -0.05) is 0 Å². The topological polar surface area (TPSA) is 43.1 Å². The van der Waals surface area contributed by atoms with Gasteiger partial charge in [-0.15, -0.1) is 0 Å². The molecule has 9 heavy (non-hydrogen) atoms. The number of carbonyl (C=O) groups is 1. The zero-order chi connectivity index (χ0) is 7.28. The third-order valence-electron chi connectivity index (χ3n) is 0.920. The van der Waals surface area contributed by atoms with E-state index in [9.17, 15) is 4.79 Å². The van der Waals surface area contributed by atoms with Gasteiger partial charge in [-0.2, -0.15) is 23.5 Å². The highest BCUT2D eigenvalue weighted by molar-refractivity contribution is 8.03. The van der Waals surface area contributed by atoms with E-state index in [2.05, 4.69) is 0 Å². The molecule has 0 rings (SSSR count). The summed E-state index contributed by atoms with van der Waals surface area (Å²) in [6.07, 6.45) is 3.86. The van der Waals surface area contributed by atoms with Crippen molar-refractivity contribution in [1.29, 1.82) is 0 Å². The second-order valence-corrected chi connectivity index (χ2v) is 3.53. The first-order chi connectivity index (χ1) is 4.22. The molecule has 0 heterocycles. The lowest BCUT2D eigenvalue weighted by Gasteiger charge is -2.06. The molecule has 0 bridgehead atoms. The van der Waals surface area contributed by atoms with Gasteiger partial charge in [0.25, 0.3) is 0 Å². The lowest BCUT2D eigenvalue weighted by Crippen LogP contribution is -2.27. The van der Waals surface area contributed by atoms with Crippen molar-refractivity contribution in [2.45, 2.75) is 5.25 Å². The summed E-state index contributed by atoms with van der Waals surface area (Å²) in [6.45, 7) is 0. The van der Waals surface area contributed by atoms with E-state index in [1.165, 1.54) is 11.8 Å². The van der Waals surface area contributed by atoms with Crippen molar-refractivity contribution < 1.29 is 4.79 Å². The van der Waals surface area contributed by atoms with Crippen molar-refractivity contribution in [3.05, 3.63) is 0 Å². The average Bonchev–Trinajstić information content (AvgIpc) is 1.82. The zero-order valence-corrected chi connectivity index (χ0v) is 7.22. The van der Waals surface area contributed by atoms with Crippen molar-refractivity contribution in [2.75, 3.05) is 18.3 Å². The third-order valence-corrected chi connectivity index (χ3v) is 2.77. The van der Waals surface area contributed by atoms with Crippen LogP contribution in [0.25, 0.3) is 0 Å². The number of amides is 1. The minimum Gasteiger partial charge on any atom is -0.369 e. The fourth-order valence-corrected chi connectivity index (χ4v) is 2.07. The molecule has 0 aromatic heterocycles. The lowest BCUT2D eigenvalue weighted by molar-refractivity contribution is -0.117. The first kappa shape index (κ1) is 9.17. The molecule has 0 aliphatic carbocycles. The van der Waals surface area contributed by atoms with E-state index in [0.717, 1.165) is 5.75 Å². The Morgan fingerprint density at radius 2 is 2.22 bits per heavy atom. The summed E-state index contributed by atoms with van der Waals surface area (Å²) in [5.41, 5.74) is 5.06. The lowest BCUT2D eigenvalue weighted by atomic mass is 10.5. The fourth-order valence-electron chi connectivity index (χ4n) is 0.418. The van der Waals surface area contributed by atoms with Crippen LogP contribution in [0.1, 0.15) is 0 Å². The number of nitrogens with two attached hydrogens (primary N) is 1. The molecule has 0 aliphatic rings. The molecule has 0 saturated heterocycles. The monoisotopic (exact) mass is 165 g/mol. The SMILES string of the molecule is CSCC(SC)C(N)=O. The van der Waals surface area contributed by atoms with Crippen molar-refractivity contribution in [1.82, 2.24) is 0 Å². The van der Waals surface area contributed by atoms with Crippen LogP contribution in [0.4, 0.5) is 0 Å². The van der Waals surface area contributed by atoms with Crippen molar-refractivity contribution in [2.24, 2.45) is 5.73 Å². The zero-order valence-electron chi connectivity index (χ0n) is 5.59. The molecule has 0 saturated carbocycles. The smallest absolute Gasteiger partial charge is 0.231 e. The Morgan fingerprint density at radius 1 is 1.67 bits per heavy atom. The van der Waals surface area contributed by atoms with Crippen LogP contribution in [0.15, 0.2) is 0 Å². The molecule has 0 aromatic rings. The number of carbonyl (C=O) groups excluding carboxylic acids is 1. The summed E-state index contributed by atoms with van der Waals surface area (Å²) in [7, 11) is 0. The Hall–Kier alpha value is 0.170. The van der Waals surface area contributed by atoms with E-state index >= 15 is 0 Å². The fraction of sp³-hybridized carbons (Fsp3) is 0.800. The standard InChI is InChI=1S/C5H11NOS2/c1-8-3-4(9-2)5(6)7/h4H,3H2,1-2H3,(H2,6,7). The van der Waals surface area contributed by atoms with E-state index in [4.69, 9.17) is 5.73 Å². The Bertz CT molecular complexity index is 97.0. The third kappa shape index (κ3) is 3.70. The van der Waals surface area contributed by atoms with E-state index in [0.29, 0.717) is 0 Å². The van der Waals surface area contributed by atoms with Gasteiger partial charge >= 0.3 is 0 Å². The van der Waals surface area contributed by atoms with Gasteiger partial charge in [0.2, 0.25) is 5.91 Å². The summed E-state index contributed by atoms with van der Waals surface area (Å²) in [5, 5.41) is -0.0139. The Morgan fingerprint density at radius 3 is 2.33 bits per heavy atom. The maximum absolute atomic E-state index is 10.5. The van der Waals surface area contributed by atoms with Gasteiger partial charge in [-0.3, -0.25) is 4.79 Å². The summed E-state index contributed by atoms with van der Waals surface area (Å²) in [5.74, 6) is 0.605. The second kappa shape index (κ2) is 4.99. The van der Waals surface area contributed by atoms with Gasteiger partial charge in [-0.05, 0) is 12.5 Å². The maximum atomic E-state index is 10.5. The van der Waals surface area contributed by atoms with Crippen LogP contribution in [0.2, 0.25) is 0 Å². The van der Waals surface area contributed by atoms with Crippen LogP contribution in [0, 0.1) is 0 Å². The largest absolute Gasteiger partial charge is 0.369 e. The van der Waals surface area contributed by atoms with Crippen LogP contribution < -0.4 is 5.73 Å². The van der Waals surface area contributed by atoms with Crippen LogP contribution >= 0.6 is 23.5 Å². The molecule has 54 valence electrons. The van der Waals surface area contributed by atoms with Crippen LogP contribution in [-0.2, 0) is 4.79 Å². The molecule has 2 nitrogen and oxygen atoms in total. The minimum atomic E-state index is -0.211. The van der Waals surface area contributed by atoms with E-state index < -0.39 is 0 Å². The van der Waals surface area contributed by atoms with Crippen LogP contribution in [0.5, 0.6) is 0 Å². The quantitative estimate of drug-likeness (QED) is 0.662. The first-order valence-corrected chi connectivity index (χ1v) is 5.21. The van der Waals surface area contributed by atoms with Crippen LogP contribution in [0.3, 0.4) is 0 Å². The Balaban J connectivity index is 3.54. The first-order valence-electron chi connectivity index (χ1n) is 2.53. The second-order valence-electron chi connectivity index (χ2n) is 1.58. The Labute approximate surface area is 63.9 Å². The molecule has 0 radical (unpaired) electrons. The number of hydrogen-bond acceptors (Lipinski definition) is 3. The molecule has 1 amide bonds.